The number of benzene rings is 9. The lowest BCUT2D eigenvalue weighted by atomic mass is 9.98. The minimum atomic E-state index is 0.852. The molecule has 2 aromatic heterocycles. The highest BCUT2D eigenvalue weighted by Gasteiger charge is 2.23. The van der Waals surface area contributed by atoms with Gasteiger partial charge in [-0.05, 0) is 99.8 Å². The van der Waals surface area contributed by atoms with Crippen LogP contribution in [0.5, 0.6) is 0 Å². The molecule has 0 N–H and O–H groups in total. The molecule has 258 valence electrons. The molecule has 0 saturated heterocycles. The van der Waals surface area contributed by atoms with Crippen LogP contribution < -0.4 is 4.90 Å². The number of para-hydroxylation sites is 2. The van der Waals surface area contributed by atoms with E-state index in [2.05, 4.69) is 216 Å². The average molecular weight is 703 g/mol. The molecule has 0 aliphatic rings. The van der Waals surface area contributed by atoms with Crippen molar-refractivity contribution in [2.45, 2.75) is 0 Å². The van der Waals surface area contributed by atoms with Gasteiger partial charge in [0.2, 0.25) is 0 Å². The smallest absolute Gasteiger partial charge is 0.159 e. The number of hydrogen-bond donors (Lipinski definition) is 0. The minimum Gasteiger partial charge on any atom is -0.454 e. The highest BCUT2D eigenvalue weighted by Crippen LogP contribution is 2.47. The summed E-state index contributed by atoms with van der Waals surface area (Å²) in [6.07, 6.45) is 0. The van der Waals surface area contributed by atoms with Crippen molar-refractivity contribution in [2.75, 3.05) is 4.90 Å². The third-order valence-electron chi connectivity index (χ3n) is 11.0. The van der Waals surface area contributed by atoms with Crippen molar-refractivity contribution in [3.63, 3.8) is 0 Å². The minimum absolute atomic E-state index is 0.852. The maximum Gasteiger partial charge on any atom is 0.159 e. The molecular weight excluding hydrogens is 669 g/mol. The van der Waals surface area contributed by atoms with E-state index in [0.29, 0.717) is 0 Å². The molecule has 0 aliphatic carbocycles. The van der Waals surface area contributed by atoms with Gasteiger partial charge in [0.1, 0.15) is 5.58 Å². The molecule has 3 nitrogen and oxygen atoms in total. The lowest BCUT2D eigenvalue weighted by molar-refractivity contribution is 0.669. The van der Waals surface area contributed by atoms with Crippen molar-refractivity contribution < 1.29 is 4.42 Å². The maximum absolute atomic E-state index is 6.97. The van der Waals surface area contributed by atoms with Gasteiger partial charge in [-0.1, -0.05) is 140 Å². The van der Waals surface area contributed by atoms with Crippen molar-refractivity contribution >= 4 is 71.6 Å². The summed E-state index contributed by atoms with van der Waals surface area (Å²) >= 11 is 0. The van der Waals surface area contributed by atoms with E-state index in [1.165, 1.54) is 38.2 Å². The third kappa shape index (κ3) is 5.13. The van der Waals surface area contributed by atoms with Gasteiger partial charge in [0.25, 0.3) is 0 Å². The molecule has 3 heteroatoms. The van der Waals surface area contributed by atoms with E-state index in [0.717, 1.165) is 61.3 Å². The molecule has 0 bridgehead atoms. The first-order valence-electron chi connectivity index (χ1n) is 18.8. The number of furan rings is 1. The first-order valence-corrected chi connectivity index (χ1v) is 18.8. The first kappa shape index (κ1) is 31.2. The molecule has 0 aliphatic heterocycles. The van der Waals surface area contributed by atoms with Crippen LogP contribution in [-0.4, -0.2) is 4.57 Å². The zero-order valence-corrected chi connectivity index (χ0v) is 29.9. The second-order valence-corrected chi connectivity index (χ2v) is 14.1. The van der Waals surface area contributed by atoms with E-state index in [9.17, 15) is 0 Å². The molecule has 0 atom stereocenters. The van der Waals surface area contributed by atoms with Gasteiger partial charge in [0.15, 0.2) is 5.58 Å². The predicted molar refractivity (Wildman–Crippen MR) is 231 cm³/mol. The quantitative estimate of drug-likeness (QED) is 0.172. The zero-order valence-electron chi connectivity index (χ0n) is 29.9. The molecule has 0 amide bonds. The summed E-state index contributed by atoms with van der Waals surface area (Å²) in [5.41, 5.74) is 12.9. The van der Waals surface area contributed by atoms with Gasteiger partial charge in [-0.2, -0.15) is 0 Å². The van der Waals surface area contributed by atoms with Crippen molar-refractivity contribution in [3.05, 3.63) is 206 Å². The standard InChI is InChI=1S/C52H34N2O/c1-4-14-35(15-5-1)37-24-27-41(28-25-37)53(42-29-30-48-45(34-42)44-22-12-13-23-47(44)54(48)40-19-8-3-9-20-40)49-33-39(36-16-6-2-7-17-36)32-46-51-43-21-11-10-18-38(43)26-31-50(51)55-52(46)49/h1-34H. The molecule has 11 aromatic rings. The van der Waals surface area contributed by atoms with Crippen LogP contribution in [0, 0.1) is 0 Å². The lowest BCUT2D eigenvalue weighted by Gasteiger charge is -2.27. The van der Waals surface area contributed by atoms with Gasteiger partial charge in [-0.15, -0.1) is 0 Å². The Balaban J connectivity index is 1.22. The van der Waals surface area contributed by atoms with Crippen molar-refractivity contribution in [2.24, 2.45) is 0 Å². The SMILES string of the molecule is c1ccc(-c2ccc(N(c3ccc4c(c3)c3ccccc3n4-c3ccccc3)c3cc(-c4ccccc4)cc4c3oc3ccc5ccccc5c34)cc2)cc1. The van der Waals surface area contributed by atoms with Crippen LogP contribution in [0.2, 0.25) is 0 Å². The molecule has 55 heavy (non-hydrogen) atoms. The van der Waals surface area contributed by atoms with E-state index in [1.807, 2.05) is 0 Å². The van der Waals surface area contributed by atoms with Gasteiger partial charge in [0.05, 0.1) is 16.7 Å². The average Bonchev–Trinajstić information content (AvgIpc) is 3.81. The molecule has 2 heterocycles. The summed E-state index contributed by atoms with van der Waals surface area (Å²) in [5, 5.41) is 7.00. The summed E-state index contributed by atoms with van der Waals surface area (Å²) in [6.45, 7) is 0. The number of nitrogens with zero attached hydrogens (tertiary/aromatic N) is 2. The highest BCUT2D eigenvalue weighted by molar-refractivity contribution is 6.22. The van der Waals surface area contributed by atoms with E-state index in [-0.39, 0.29) is 0 Å². The molecule has 0 radical (unpaired) electrons. The maximum atomic E-state index is 6.97. The number of hydrogen-bond acceptors (Lipinski definition) is 2. The Morgan fingerprint density at radius 3 is 1.75 bits per heavy atom. The number of fused-ring (bicyclic) bond motifs is 8. The highest BCUT2D eigenvalue weighted by atomic mass is 16.3. The molecule has 11 rings (SSSR count). The van der Waals surface area contributed by atoms with Crippen LogP contribution in [0.25, 0.3) is 82.5 Å². The summed E-state index contributed by atoms with van der Waals surface area (Å²) in [7, 11) is 0. The monoisotopic (exact) mass is 702 g/mol. The van der Waals surface area contributed by atoms with E-state index in [4.69, 9.17) is 4.42 Å². The molecule has 0 fully saturated rings. The fourth-order valence-electron chi connectivity index (χ4n) is 8.41. The summed E-state index contributed by atoms with van der Waals surface area (Å²) in [5.74, 6) is 0. The Labute approximate surface area is 318 Å². The lowest BCUT2D eigenvalue weighted by Crippen LogP contribution is -2.10. The van der Waals surface area contributed by atoms with Crippen LogP contribution in [0.3, 0.4) is 0 Å². The van der Waals surface area contributed by atoms with Crippen LogP contribution in [0.15, 0.2) is 211 Å². The predicted octanol–water partition coefficient (Wildman–Crippen LogP) is 14.6. The van der Waals surface area contributed by atoms with Crippen LogP contribution >= 0.6 is 0 Å². The Morgan fingerprint density at radius 2 is 0.982 bits per heavy atom. The third-order valence-corrected chi connectivity index (χ3v) is 11.0. The van der Waals surface area contributed by atoms with Gasteiger partial charge < -0.3 is 13.9 Å². The molecule has 0 saturated carbocycles. The fraction of sp³-hybridized carbons (Fsp3) is 0. The van der Waals surface area contributed by atoms with Gasteiger partial charge in [0, 0.05) is 38.6 Å². The molecular formula is C52H34N2O. The number of rotatable bonds is 6. The Kier molecular flexibility index (Phi) is 7.17. The molecule has 0 spiro atoms. The van der Waals surface area contributed by atoms with Gasteiger partial charge in [-0.3, -0.25) is 0 Å². The van der Waals surface area contributed by atoms with Crippen molar-refractivity contribution in [3.8, 4) is 27.9 Å². The summed E-state index contributed by atoms with van der Waals surface area (Å²) in [4.78, 5) is 2.38. The van der Waals surface area contributed by atoms with Gasteiger partial charge in [-0.25, -0.2) is 0 Å². The van der Waals surface area contributed by atoms with Crippen LogP contribution in [0.4, 0.5) is 17.1 Å². The van der Waals surface area contributed by atoms with Gasteiger partial charge >= 0.3 is 0 Å². The number of aromatic nitrogens is 1. The normalized spacial score (nSPS) is 11.6. The van der Waals surface area contributed by atoms with Crippen LogP contribution in [0.1, 0.15) is 0 Å². The van der Waals surface area contributed by atoms with Crippen LogP contribution in [-0.2, 0) is 0 Å². The Bertz CT molecular complexity index is 3180. The molecule has 9 aromatic carbocycles. The van der Waals surface area contributed by atoms with E-state index < -0.39 is 0 Å². The zero-order chi connectivity index (χ0) is 36.3. The Hall–Kier alpha value is -7.36. The van der Waals surface area contributed by atoms with Crippen molar-refractivity contribution in [1.29, 1.82) is 0 Å². The van der Waals surface area contributed by atoms with E-state index in [1.54, 1.807) is 0 Å². The second kappa shape index (κ2) is 12.6. The molecule has 0 unspecified atom stereocenters. The number of anilines is 3. The Morgan fingerprint density at radius 1 is 0.382 bits per heavy atom. The largest absolute Gasteiger partial charge is 0.454 e. The summed E-state index contributed by atoms with van der Waals surface area (Å²) in [6, 6.07) is 73.9. The topological polar surface area (TPSA) is 21.3 Å². The summed E-state index contributed by atoms with van der Waals surface area (Å²) < 4.78 is 9.34. The van der Waals surface area contributed by atoms with Crippen molar-refractivity contribution in [1.82, 2.24) is 4.57 Å². The fourth-order valence-corrected chi connectivity index (χ4v) is 8.41. The van der Waals surface area contributed by atoms with E-state index >= 15 is 0 Å². The second-order valence-electron chi connectivity index (χ2n) is 14.1. The first-order chi connectivity index (χ1) is 27.3.